The zero-order valence-corrected chi connectivity index (χ0v) is 15.1. The van der Waals surface area contributed by atoms with Crippen LogP contribution in [0, 0.1) is 19.7 Å². The van der Waals surface area contributed by atoms with Crippen LogP contribution in [0.4, 0.5) is 4.39 Å². The standard InChI is InChI=1S/C20H23FN4O/c1-13-14(2)24-26-20(13)17-11-22-23-19(17)18-5-3-4-10-25(18)12-15-6-8-16(21)9-7-15/h6-9,11,18H,3-5,10,12H2,1-2H3,(H,22,23)/t18-/m0/s1. The molecule has 3 heterocycles. The summed E-state index contributed by atoms with van der Waals surface area (Å²) in [4.78, 5) is 2.44. The maximum Gasteiger partial charge on any atom is 0.173 e. The SMILES string of the molecule is Cc1noc(-c2cn[nH]c2[C@@H]2CCCCN2Cc2ccc(F)cc2)c1C. The van der Waals surface area contributed by atoms with E-state index >= 15 is 0 Å². The highest BCUT2D eigenvalue weighted by molar-refractivity contribution is 5.64. The zero-order valence-electron chi connectivity index (χ0n) is 15.1. The number of hydrogen-bond acceptors (Lipinski definition) is 4. The van der Waals surface area contributed by atoms with Crippen molar-refractivity contribution in [1.29, 1.82) is 0 Å². The number of aromatic amines is 1. The molecule has 136 valence electrons. The molecular formula is C20H23FN4O. The van der Waals surface area contributed by atoms with E-state index in [9.17, 15) is 4.39 Å². The van der Waals surface area contributed by atoms with Crippen molar-refractivity contribution in [2.75, 3.05) is 6.54 Å². The van der Waals surface area contributed by atoms with Gasteiger partial charge in [0.05, 0.1) is 29.2 Å². The predicted molar refractivity (Wildman–Crippen MR) is 97.0 cm³/mol. The quantitative estimate of drug-likeness (QED) is 0.747. The fourth-order valence-electron chi connectivity index (χ4n) is 3.73. The van der Waals surface area contributed by atoms with Gasteiger partial charge < -0.3 is 4.52 Å². The second kappa shape index (κ2) is 7.03. The predicted octanol–water partition coefficient (Wildman–Crippen LogP) is 4.55. The number of likely N-dealkylation sites (tertiary alicyclic amines) is 1. The van der Waals surface area contributed by atoms with E-state index in [1.807, 2.05) is 32.2 Å². The molecule has 2 aromatic heterocycles. The molecule has 1 aliphatic heterocycles. The molecule has 0 radical (unpaired) electrons. The van der Waals surface area contributed by atoms with E-state index in [1.165, 1.54) is 25.0 Å². The van der Waals surface area contributed by atoms with Gasteiger partial charge in [-0.3, -0.25) is 10.00 Å². The summed E-state index contributed by atoms with van der Waals surface area (Å²) in [6, 6.07) is 7.00. The molecule has 1 N–H and O–H groups in total. The smallest absolute Gasteiger partial charge is 0.173 e. The molecule has 1 fully saturated rings. The van der Waals surface area contributed by atoms with E-state index < -0.39 is 0 Å². The van der Waals surface area contributed by atoms with Gasteiger partial charge in [-0.1, -0.05) is 23.7 Å². The van der Waals surface area contributed by atoms with Crippen LogP contribution in [0.15, 0.2) is 35.0 Å². The first-order valence-electron chi connectivity index (χ1n) is 9.08. The summed E-state index contributed by atoms with van der Waals surface area (Å²) in [6.07, 6.45) is 5.23. The third-order valence-corrected chi connectivity index (χ3v) is 5.32. The van der Waals surface area contributed by atoms with Crippen molar-refractivity contribution in [1.82, 2.24) is 20.3 Å². The van der Waals surface area contributed by atoms with Gasteiger partial charge in [0.25, 0.3) is 0 Å². The molecule has 1 atom stereocenters. The highest BCUT2D eigenvalue weighted by Gasteiger charge is 2.29. The van der Waals surface area contributed by atoms with E-state index in [4.69, 9.17) is 4.52 Å². The van der Waals surface area contributed by atoms with Crippen LogP contribution in [-0.2, 0) is 6.54 Å². The van der Waals surface area contributed by atoms with Gasteiger partial charge in [-0.2, -0.15) is 5.10 Å². The highest BCUT2D eigenvalue weighted by Crippen LogP contribution is 2.37. The Hall–Kier alpha value is -2.47. The first kappa shape index (κ1) is 17.0. The minimum absolute atomic E-state index is 0.198. The van der Waals surface area contributed by atoms with Crippen molar-refractivity contribution >= 4 is 0 Å². The molecule has 0 amide bonds. The number of aryl methyl sites for hydroxylation is 1. The number of nitrogens with zero attached hydrogens (tertiary/aromatic N) is 3. The number of hydrogen-bond donors (Lipinski definition) is 1. The molecule has 0 aliphatic carbocycles. The van der Waals surface area contributed by atoms with Gasteiger partial charge in [-0.25, -0.2) is 4.39 Å². The molecule has 0 unspecified atom stereocenters. The maximum atomic E-state index is 13.2. The van der Waals surface area contributed by atoms with Crippen molar-refractivity contribution in [3.63, 3.8) is 0 Å². The van der Waals surface area contributed by atoms with Crippen LogP contribution >= 0.6 is 0 Å². The van der Waals surface area contributed by atoms with Crippen molar-refractivity contribution in [3.8, 4) is 11.3 Å². The highest BCUT2D eigenvalue weighted by atomic mass is 19.1. The van der Waals surface area contributed by atoms with Gasteiger partial charge in [0.2, 0.25) is 0 Å². The van der Waals surface area contributed by atoms with E-state index in [-0.39, 0.29) is 11.9 Å². The van der Waals surface area contributed by atoms with Gasteiger partial charge in [-0.15, -0.1) is 0 Å². The second-order valence-corrected chi connectivity index (χ2v) is 7.03. The number of nitrogens with one attached hydrogen (secondary N) is 1. The summed E-state index contributed by atoms with van der Waals surface area (Å²) in [5.41, 5.74) is 5.13. The van der Waals surface area contributed by atoms with Gasteiger partial charge in [0, 0.05) is 12.1 Å². The van der Waals surface area contributed by atoms with Gasteiger partial charge in [0.1, 0.15) is 5.82 Å². The van der Waals surface area contributed by atoms with Crippen LogP contribution in [0.2, 0.25) is 0 Å². The molecule has 1 aromatic carbocycles. The lowest BCUT2D eigenvalue weighted by atomic mass is 9.95. The lowest BCUT2D eigenvalue weighted by Gasteiger charge is -2.35. The largest absolute Gasteiger partial charge is 0.356 e. The van der Waals surface area contributed by atoms with Crippen LogP contribution in [0.3, 0.4) is 0 Å². The molecule has 4 rings (SSSR count). The maximum absolute atomic E-state index is 13.2. The summed E-state index contributed by atoms with van der Waals surface area (Å²) in [6.45, 7) is 5.77. The van der Waals surface area contributed by atoms with Crippen LogP contribution in [0.1, 0.15) is 47.8 Å². The minimum atomic E-state index is -0.198. The Bertz CT molecular complexity index is 884. The lowest BCUT2D eigenvalue weighted by Crippen LogP contribution is -2.33. The van der Waals surface area contributed by atoms with E-state index in [2.05, 4.69) is 20.3 Å². The number of benzene rings is 1. The number of aromatic nitrogens is 3. The van der Waals surface area contributed by atoms with E-state index in [1.54, 1.807) is 0 Å². The van der Waals surface area contributed by atoms with E-state index in [0.29, 0.717) is 0 Å². The minimum Gasteiger partial charge on any atom is -0.356 e. The summed E-state index contributed by atoms with van der Waals surface area (Å²) in [5, 5.41) is 11.6. The summed E-state index contributed by atoms with van der Waals surface area (Å²) < 4.78 is 18.8. The fraction of sp³-hybridized carbons (Fsp3) is 0.400. The Morgan fingerprint density at radius 1 is 1.23 bits per heavy atom. The molecule has 3 aromatic rings. The van der Waals surface area contributed by atoms with Crippen LogP contribution in [-0.4, -0.2) is 26.8 Å². The van der Waals surface area contributed by atoms with Gasteiger partial charge in [-0.05, 0) is 50.9 Å². The molecular weight excluding hydrogens is 331 g/mol. The zero-order chi connectivity index (χ0) is 18.1. The molecule has 0 bridgehead atoms. The fourth-order valence-corrected chi connectivity index (χ4v) is 3.73. The molecule has 6 heteroatoms. The Labute approximate surface area is 152 Å². The van der Waals surface area contributed by atoms with Crippen LogP contribution in [0.25, 0.3) is 11.3 Å². The van der Waals surface area contributed by atoms with Gasteiger partial charge >= 0.3 is 0 Å². The number of halogens is 1. The average Bonchev–Trinajstić information content (AvgIpc) is 3.25. The van der Waals surface area contributed by atoms with Crippen molar-refractivity contribution < 1.29 is 8.91 Å². The number of piperidine rings is 1. The Morgan fingerprint density at radius 3 is 2.77 bits per heavy atom. The van der Waals surface area contributed by atoms with Gasteiger partial charge in [0.15, 0.2) is 5.76 Å². The Morgan fingerprint density at radius 2 is 2.04 bits per heavy atom. The molecule has 0 saturated carbocycles. The topological polar surface area (TPSA) is 58.0 Å². The monoisotopic (exact) mass is 354 g/mol. The third-order valence-electron chi connectivity index (χ3n) is 5.32. The molecule has 0 spiro atoms. The number of rotatable bonds is 4. The van der Waals surface area contributed by atoms with Crippen molar-refractivity contribution in [3.05, 3.63) is 58.8 Å². The van der Waals surface area contributed by atoms with Crippen molar-refractivity contribution in [2.24, 2.45) is 0 Å². The van der Waals surface area contributed by atoms with E-state index in [0.717, 1.165) is 53.3 Å². The first-order valence-corrected chi connectivity index (χ1v) is 9.08. The Kier molecular flexibility index (Phi) is 4.59. The average molecular weight is 354 g/mol. The normalized spacial score (nSPS) is 18.3. The van der Waals surface area contributed by atoms with Crippen molar-refractivity contribution in [2.45, 2.75) is 45.7 Å². The molecule has 26 heavy (non-hydrogen) atoms. The Balaban J connectivity index is 1.64. The summed E-state index contributed by atoms with van der Waals surface area (Å²) >= 11 is 0. The first-order chi connectivity index (χ1) is 12.6. The second-order valence-electron chi connectivity index (χ2n) is 7.03. The number of H-pyrrole nitrogens is 1. The molecule has 5 nitrogen and oxygen atoms in total. The summed E-state index contributed by atoms with van der Waals surface area (Å²) in [7, 11) is 0. The lowest BCUT2D eigenvalue weighted by molar-refractivity contribution is 0.137. The molecule has 1 aliphatic rings. The van der Waals surface area contributed by atoms with Crippen LogP contribution < -0.4 is 0 Å². The molecule has 1 saturated heterocycles. The summed E-state index contributed by atoms with van der Waals surface area (Å²) in [5.74, 6) is 0.592. The van der Waals surface area contributed by atoms with Crippen LogP contribution in [0.5, 0.6) is 0 Å². The third kappa shape index (κ3) is 3.17.